The molecule has 3 aromatic rings. The Morgan fingerprint density at radius 3 is 1.85 bits per heavy atom. The predicted octanol–water partition coefficient (Wildman–Crippen LogP) is 6.10. The number of nitrogens with one attached hydrogen (secondary N) is 4. The van der Waals surface area contributed by atoms with Crippen molar-refractivity contribution in [3.63, 3.8) is 0 Å². The molecule has 0 aliphatic heterocycles. The molecule has 3 aromatic carbocycles. The number of carbonyl (C=O) groups excluding carboxylic acids is 3. The summed E-state index contributed by atoms with van der Waals surface area (Å²) < 4.78 is 0. The van der Waals surface area contributed by atoms with Crippen LogP contribution in [0.5, 0.6) is 0 Å². The number of benzene rings is 3. The molecule has 4 N–H and O–H groups in total. The van der Waals surface area contributed by atoms with E-state index in [1.807, 2.05) is 18.2 Å². The van der Waals surface area contributed by atoms with E-state index in [2.05, 4.69) is 21.3 Å². The molecular weight excluding hydrogens is 428 g/mol. The molecule has 0 atom stereocenters. The minimum absolute atomic E-state index is 0.0247. The third kappa shape index (κ3) is 6.45. The van der Waals surface area contributed by atoms with Crippen LogP contribution in [-0.2, 0) is 4.79 Å². The van der Waals surface area contributed by atoms with Crippen LogP contribution in [0.2, 0.25) is 0 Å². The molecule has 0 heterocycles. The van der Waals surface area contributed by atoms with Gasteiger partial charge in [0, 0.05) is 34.2 Å². The molecule has 1 fully saturated rings. The van der Waals surface area contributed by atoms with Crippen molar-refractivity contribution in [2.75, 3.05) is 21.3 Å². The van der Waals surface area contributed by atoms with E-state index in [-0.39, 0.29) is 23.8 Å². The van der Waals surface area contributed by atoms with Gasteiger partial charge in [0.2, 0.25) is 5.91 Å². The fourth-order valence-corrected chi connectivity index (χ4v) is 4.00. The molecule has 4 amide bonds. The van der Waals surface area contributed by atoms with Gasteiger partial charge in [-0.3, -0.25) is 9.59 Å². The lowest BCUT2D eigenvalue weighted by molar-refractivity contribution is -0.120. The van der Waals surface area contributed by atoms with Crippen LogP contribution in [0.1, 0.15) is 42.5 Å². The zero-order valence-electron chi connectivity index (χ0n) is 18.8. The van der Waals surface area contributed by atoms with Crippen molar-refractivity contribution in [1.82, 2.24) is 0 Å². The Kier molecular flexibility index (Phi) is 7.55. The van der Waals surface area contributed by atoms with Crippen molar-refractivity contribution in [2.24, 2.45) is 5.92 Å². The van der Waals surface area contributed by atoms with Crippen LogP contribution < -0.4 is 21.3 Å². The number of rotatable bonds is 6. The van der Waals surface area contributed by atoms with Gasteiger partial charge >= 0.3 is 6.03 Å². The van der Waals surface area contributed by atoms with Crippen molar-refractivity contribution in [2.45, 2.75) is 32.1 Å². The predicted molar refractivity (Wildman–Crippen MR) is 135 cm³/mol. The van der Waals surface area contributed by atoms with Gasteiger partial charge in [-0.05, 0) is 67.4 Å². The molecule has 4 rings (SSSR count). The normalized spacial score (nSPS) is 13.5. The van der Waals surface area contributed by atoms with Crippen LogP contribution in [0, 0.1) is 5.92 Å². The van der Waals surface area contributed by atoms with Gasteiger partial charge in [0.05, 0.1) is 0 Å². The molecule has 0 saturated heterocycles. The van der Waals surface area contributed by atoms with Crippen LogP contribution in [0.15, 0.2) is 78.9 Å². The lowest BCUT2D eigenvalue weighted by Gasteiger charge is -2.20. The number of anilines is 4. The molecular formula is C27H28N4O3. The zero-order valence-corrected chi connectivity index (χ0v) is 18.8. The van der Waals surface area contributed by atoms with Crippen LogP contribution >= 0.6 is 0 Å². The maximum Gasteiger partial charge on any atom is 0.323 e. The van der Waals surface area contributed by atoms with Crippen molar-refractivity contribution in [1.29, 1.82) is 0 Å². The quantitative estimate of drug-likeness (QED) is 0.360. The zero-order chi connectivity index (χ0) is 23.8. The van der Waals surface area contributed by atoms with Gasteiger partial charge in [-0.25, -0.2) is 4.79 Å². The summed E-state index contributed by atoms with van der Waals surface area (Å²) in [4.78, 5) is 37.3. The number of hydrogen-bond acceptors (Lipinski definition) is 3. The summed E-state index contributed by atoms with van der Waals surface area (Å²) in [6.07, 6.45) is 5.21. The summed E-state index contributed by atoms with van der Waals surface area (Å²) >= 11 is 0. The van der Waals surface area contributed by atoms with Crippen LogP contribution in [0.3, 0.4) is 0 Å². The molecule has 0 unspecified atom stereocenters. The van der Waals surface area contributed by atoms with E-state index in [9.17, 15) is 14.4 Å². The summed E-state index contributed by atoms with van der Waals surface area (Å²) in [5, 5.41) is 11.3. The third-order valence-corrected chi connectivity index (χ3v) is 5.80. The third-order valence-electron chi connectivity index (χ3n) is 5.80. The SMILES string of the molecule is O=C(Nc1ccccc1)Nc1ccc(NC(=O)c2cccc(NC(=O)C3CCCCC3)c2)cc1. The molecule has 34 heavy (non-hydrogen) atoms. The number of carbonyl (C=O) groups is 3. The molecule has 0 aromatic heterocycles. The monoisotopic (exact) mass is 456 g/mol. The highest BCUT2D eigenvalue weighted by molar-refractivity contribution is 6.05. The first-order chi connectivity index (χ1) is 16.6. The van der Waals surface area contributed by atoms with Gasteiger partial charge < -0.3 is 21.3 Å². The van der Waals surface area contributed by atoms with Gasteiger partial charge in [-0.1, -0.05) is 43.5 Å². The molecule has 0 radical (unpaired) electrons. The van der Waals surface area contributed by atoms with E-state index >= 15 is 0 Å². The first-order valence-corrected chi connectivity index (χ1v) is 11.5. The maximum absolute atomic E-state index is 12.7. The minimum Gasteiger partial charge on any atom is -0.326 e. The maximum atomic E-state index is 12.7. The van der Waals surface area contributed by atoms with Crippen LogP contribution in [0.25, 0.3) is 0 Å². The van der Waals surface area contributed by atoms with Gasteiger partial charge in [-0.15, -0.1) is 0 Å². The lowest BCUT2D eigenvalue weighted by Crippen LogP contribution is -2.24. The van der Waals surface area contributed by atoms with Crippen LogP contribution in [0.4, 0.5) is 27.5 Å². The van der Waals surface area contributed by atoms with E-state index in [4.69, 9.17) is 0 Å². The highest BCUT2D eigenvalue weighted by Gasteiger charge is 2.21. The van der Waals surface area contributed by atoms with Crippen molar-refractivity contribution < 1.29 is 14.4 Å². The highest BCUT2D eigenvalue weighted by atomic mass is 16.2. The van der Waals surface area contributed by atoms with Gasteiger partial charge in [0.25, 0.3) is 5.91 Å². The summed E-state index contributed by atoms with van der Waals surface area (Å²) in [6.45, 7) is 0. The van der Waals surface area contributed by atoms with Gasteiger partial charge in [0.1, 0.15) is 0 Å². The Labute approximate surface area is 199 Å². The minimum atomic E-state index is -0.352. The fraction of sp³-hybridized carbons (Fsp3) is 0.222. The van der Waals surface area contributed by atoms with E-state index in [0.717, 1.165) is 25.7 Å². The number of para-hydroxylation sites is 1. The van der Waals surface area contributed by atoms with Crippen LogP contribution in [-0.4, -0.2) is 17.8 Å². The Balaban J connectivity index is 1.31. The second kappa shape index (κ2) is 11.1. The van der Waals surface area contributed by atoms with Gasteiger partial charge in [0.15, 0.2) is 0 Å². The number of hydrogen-bond donors (Lipinski definition) is 4. The van der Waals surface area contributed by atoms with Gasteiger partial charge in [-0.2, -0.15) is 0 Å². The summed E-state index contributed by atoms with van der Waals surface area (Å²) in [6, 6.07) is 22.6. The standard InChI is InChI=1S/C27H28N4O3/c32-25(19-8-3-1-4-9-19)29-24-13-7-10-20(18-24)26(33)28-22-14-16-23(17-15-22)31-27(34)30-21-11-5-2-6-12-21/h2,5-7,10-19H,1,3-4,8-9H2,(H,28,33)(H,29,32)(H2,30,31,34). The molecule has 1 aliphatic rings. The number of amides is 4. The Morgan fingerprint density at radius 2 is 1.18 bits per heavy atom. The molecule has 0 spiro atoms. The van der Waals surface area contributed by atoms with E-state index in [0.29, 0.717) is 28.3 Å². The van der Waals surface area contributed by atoms with Crippen molar-refractivity contribution >= 4 is 40.6 Å². The lowest BCUT2D eigenvalue weighted by atomic mass is 9.88. The molecule has 174 valence electrons. The van der Waals surface area contributed by atoms with Crippen molar-refractivity contribution in [3.05, 3.63) is 84.4 Å². The van der Waals surface area contributed by atoms with E-state index in [1.165, 1.54) is 6.42 Å². The second-order valence-electron chi connectivity index (χ2n) is 8.38. The summed E-state index contributed by atoms with van der Waals surface area (Å²) in [7, 11) is 0. The number of urea groups is 1. The Bertz CT molecular complexity index is 1140. The van der Waals surface area contributed by atoms with E-state index in [1.54, 1.807) is 60.7 Å². The second-order valence-corrected chi connectivity index (χ2v) is 8.38. The fourth-order valence-electron chi connectivity index (χ4n) is 4.00. The molecule has 7 nitrogen and oxygen atoms in total. The first kappa shape index (κ1) is 23.0. The molecule has 1 aliphatic carbocycles. The topological polar surface area (TPSA) is 99.3 Å². The highest BCUT2D eigenvalue weighted by Crippen LogP contribution is 2.25. The first-order valence-electron chi connectivity index (χ1n) is 11.5. The average molecular weight is 457 g/mol. The summed E-state index contributed by atoms with van der Waals surface area (Å²) in [5.74, 6) is -0.207. The molecule has 0 bridgehead atoms. The smallest absolute Gasteiger partial charge is 0.323 e. The van der Waals surface area contributed by atoms with Crippen molar-refractivity contribution in [3.8, 4) is 0 Å². The van der Waals surface area contributed by atoms with E-state index < -0.39 is 0 Å². The summed E-state index contributed by atoms with van der Waals surface area (Å²) in [5.41, 5.74) is 2.95. The Morgan fingerprint density at radius 1 is 0.588 bits per heavy atom. The average Bonchev–Trinajstić information content (AvgIpc) is 2.86. The largest absolute Gasteiger partial charge is 0.326 e. The molecule has 1 saturated carbocycles. The molecule has 7 heteroatoms. The Hall–Kier alpha value is -4.13.